The Morgan fingerprint density at radius 3 is 2.60 bits per heavy atom. The summed E-state index contributed by atoms with van der Waals surface area (Å²) in [4.78, 5) is 4.50. The van der Waals surface area contributed by atoms with Gasteiger partial charge in [-0.1, -0.05) is 6.92 Å². The van der Waals surface area contributed by atoms with Crippen molar-refractivity contribution in [3.8, 4) is 11.5 Å². The number of thiazole rings is 1. The van der Waals surface area contributed by atoms with Crippen molar-refractivity contribution in [1.82, 2.24) is 4.98 Å². The fourth-order valence-corrected chi connectivity index (χ4v) is 4.57. The monoisotopic (exact) mass is 378 g/mol. The highest BCUT2D eigenvalue weighted by Crippen LogP contribution is 2.31. The third-order valence-electron chi connectivity index (χ3n) is 3.65. The molecule has 0 aliphatic heterocycles. The molecule has 8 heteroatoms. The van der Waals surface area contributed by atoms with E-state index in [9.17, 15) is 8.42 Å². The number of sulfonamides is 1. The van der Waals surface area contributed by atoms with Crippen LogP contribution in [0, 0.1) is 0 Å². The fourth-order valence-electron chi connectivity index (χ4n) is 2.39. The lowest BCUT2D eigenvalue weighted by molar-refractivity contribution is 0.392. The number of anilines is 1. The molecule has 132 valence electrons. The number of fused-ring (bicyclic) bond motifs is 1. The van der Waals surface area contributed by atoms with Gasteiger partial charge in [0.15, 0.2) is 0 Å². The van der Waals surface area contributed by atoms with Gasteiger partial charge >= 0.3 is 0 Å². The molecule has 0 saturated heterocycles. The molecule has 0 amide bonds. The molecule has 3 aromatic rings. The average Bonchev–Trinajstić information content (AvgIpc) is 3.03. The summed E-state index contributed by atoms with van der Waals surface area (Å²) < 4.78 is 39.4. The Morgan fingerprint density at radius 2 is 1.92 bits per heavy atom. The van der Waals surface area contributed by atoms with E-state index in [1.54, 1.807) is 35.6 Å². The van der Waals surface area contributed by atoms with Gasteiger partial charge in [-0.05, 0) is 36.8 Å². The van der Waals surface area contributed by atoms with Crippen LogP contribution in [0.3, 0.4) is 0 Å². The summed E-state index contributed by atoms with van der Waals surface area (Å²) >= 11 is 1.56. The molecule has 0 atom stereocenters. The molecule has 0 saturated carbocycles. The fraction of sp³-hybridized carbons (Fsp3) is 0.235. The summed E-state index contributed by atoms with van der Waals surface area (Å²) in [6, 6.07) is 9.94. The lowest BCUT2D eigenvalue weighted by Gasteiger charge is -2.12. The molecular weight excluding hydrogens is 360 g/mol. The topological polar surface area (TPSA) is 77.5 Å². The van der Waals surface area contributed by atoms with Crippen molar-refractivity contribution < 1.29 is 17.9 Å². The van der Waals surface area contributed by atoms with Gasteiger partial charge in [0.2, 0.25) is 0 Å². The summed E-state index contributed by atoms with van der Waals surface area (Å²) in [5, 5.41) is 1.02. The van der Waals surface area contributed by atoms with Crippen LogP contribution in [-0.4, -0.2) is 27.6 Å². The van der Waals surface area contributed by atoms with Gasteiger partial charge < -0.3 is 9.47 Å². The van der Waals surface area contributed by atoms with Crippen LogP contribution in [0.5, 0.6) is 11.5 Å². The number of rotatable bonds is 6. The predicted molar refractivity (Wildman–Crippen MR) is 99.4 cm³/mol. The van der Waals surface area contributed by atoms with Gasteiger partial charge in [-0.3, -0.25) is 4.72 Å². The first-order chi connectivity index (χ1) is 12.0. The Hall–Kier alpha value is -2.32. The van der Waals surface area contributed by atoms with Crippen LogP contribution >= 0.6 is 11.3 Å². The van der Waals surface area contributed by atoms with Crippen LogP contribution in [0.4, 0.5) is 5.69 Å². The second-order valence-electron chi connectivity index (χ2n) is 5.27. The van der Waals surface area contributed by atoms with Crippen LogP contribution in [0.1, 0.15) is 11.9 Å². The standard InChI is InChI=1S/C17H18N2O4S2/c1-4-17-18-13-7-5-11(9-15(13)24-17)19-25(20,21)16-10-12(22-2)6-8-14(16)23-3/h5-10,19H,4H2,1-3H3. The maximum Gasteiger partial charge on any atom is 0.265 e. The van der Waals surface area contributed by atoms with Crippen molar-refractivity contribution in [2.45, 2.75) is 18.2 Å². The molecule has 0 aliphatic carbocycles. The lowest BCUT2D eigenvalue weighted by atomic mass is 10.3. The quantitative estimate of drug-likeness (QED) is 0.708. The normalized spacial score (nSPS) is 11.5. The van der Waals surface area contributed by atoms with E-state index < -0.39 is 10.0 Å². The molecule has 0 fully saturated rings. The number of aryl methyl sites for hydroxylation is 1. The van der Waals surface area contributed by atoms with Gasteiger partial charge in [0.05, 0.1) is 35.1 Å². The number of methoxy groups -OCH3 is 2. The first-order valence-electron chi connectivity index (χ1n) is 7.61. The molecule has 25 heavy (non-hydrogen) atoms. The lowest BCUT2D eigenvalue weighted by Crippen LogP contribution is -2.14. The van der Waals surface area contributed by atoms with Crippen molar-refractivity contribution in [3.63, 3.8) is 0 Å². The number of nitrogens with one attached hydrogen (secondary N) is 1. The number of benzene rings is 2. The number of nitrogens with zero attached hydrogens (tertiary/aromatic N) is 1. The van der Waals surface area contributed by atoms with Gasteiger partial charge in [0, 0.05) is 6.07 Å². The number of aromatic nitrogens is 1. The minimum atomic E-state index is -3.83. The molecule has 1 N–H and O–H groups in total. The zero-order valence-corrected chi connectivity index (χ0v) is 15.7. The van der Waals surface area contributed by atoms with Crippen molar-refractivity contribution in [3.05, 3.63) is 41.4 Å². The van der Waals surface area contributed by atoms with Crippen molar-refractivity contribution in [2.75, 3.05) is 18.9 Å². The third kappa shape index (κ3) is 3.54. The molecule has 3 rings (SSSR count). The SMILES string of the molecule is CCc1nc2ccc(NS(=O)(=O)c3cc(OC)ccc3OC)cc2s1. The van der Waals surface area contributed by atoms with Crippen molar-refractivity contribution in [2.24, 2.45) is 0 Å². The Bertz CT molecular complexity index is 1010. The molecule has 0 unspecified atom stereocenters. The van der Waals surface area contributed by atoms with Gasteiger partial charge in [0.1, 0.15) is 16.4 Å². The van der Waals surface area contributed by atoms with E-state index in [2.05, 4.69) is 9.71 Å². The van der Waals surface area contributed by atoms with E-state index in [1.807, 2.05) is 13.0 Å². The summed E-state index contributed by atoms with van der Waals surface area (Å²) in [6.07, 6.45) is 0.849. The van der Waals surface area contributed by atoms with Crippen LogP contribution in [-0.2, 0) is 16.4 Å². The largest absolute Gasteiger partial charge is 0.497 e. The maximum atomic E-state index is 12.8. The van der Waals surface area contributed by atoms with Crippen LogP contribution in [0.15, 0.2) is 41.3 Å². The Morgan fingerprint density at radius 1 is 1.12 bits per heavy atom. The highest BCUT2D eigenvalue weighted by molar-refractivity contribution is 7.92. The number of ether oxygens (including phenoxy) is 2. The average molecular weight is 378 g/mol. The Kier molecular flexibility index (Phi) is 4.82. The minimum absolute atomic E-state index is 0.0213. The number of hydrogen-bond acceptors (Lipinski definition) is 6. The van der Waals surface area contributed by atoms with Gasteiger partial charge in [-0.15, -0.1) is 11.3 Å². The van der Waals surface area contributed by atoms with Gasteiger partial charge in [-0.2, -0.15) is 0 Å². The highest BCUT2D eigenvalue weighted by atomic mass is 32.2. The first kappa shape index (κ1) is 17.5. The van der Waals surface area contributed by atoms with E-state index in [0.717, 1.165) is 21.6 Å². The van der Waals surface area contributed by atoms with Crippen LogP contribution in [0.25, 0.3) is 10.2 Å². The highest BCUT2D eigenvalue weighted by Gasteiger charge is 2.21. The zero-order valence-electron chi connectivity index (χ0n) is 14.1. The van der Waals surface area contributed by atoms with E-state index in [0.29, 0.717) is 11.4 Å². The van der Waals surface area contributed by atoms with E-state index >= 15 is 0 Å². The molecule has 0 bridgehead atoms. The Balaban J connectivity index is 1.98. The second kappa shape index (κ2) is 6.89. The molecule has 6 nitrogen and oxygen atoms in total. The van der Waals surface area contributed by atoms with Crippen LogP contribution in [0.2, 0.25) is 0 Å². The number of hydrogen-bond donors (Lipinski definition) is 1. The van der Waals surface area contributed by atoms with E-state index in [4.69, 9.17) is 9.47 Å². The summed E-state index contributed by atoms with van der Waals surface area (Å²) in [7, 11) is -0.919. The minimum Gasteiger partial charge on any atom is -0.497 e. The van der Waals surface area contributed by atoms with E-state index in [1.165, 1.54) is 20.3 Å². The summed E-state index contributed by atoms with van der Waals surface area (Å²) in [5.41, 5.74) is 1.34. The third-order valence-corrected chi connectivity index (χ3v) is 6.21. The molecule has 1 aromatic heterocycles. The van der Waals surface area contributed by atoms with Gasteiger partial charge in [-0.25, -0.2) is 13.4 Å². The Labute approximate surface area is 150 Å². The zero-order chi connectivity index (χ0) is 18.0. The predicted octanol–water partition coefficient (Wildman–Crippen LogP) is 3.68. The molecular formula is C17H18N2O4S2. The molecule has 0 radical (unpaired) electrons. The molecule has 1 heterocycles. The maximum absolute atomic E-state index is 12.8. The van der Waals surface area contributed by atoms with Gasteiger partial charge in [0.25, 0.3) is 10.0 Å². The second-order valence-corrected chi connectivity index (χ2v) is 8.03. The smallest absolute Gasteiger partial charge is 0.265 e. The summed E-state index contributed by atoms with van der Waals surface area (Å²) in [5.74, 6) is 0.687. The molecule has 2 aromatic carbocycles. The van der Waals surface area contributed by atoms with E-state index in [-0.39, 0.29) is 10.6 Å². The molecule has 0 spiro atoms. The first-order valence-corrected chi connectivity index (χ1v) is 9.91. The van der Waals surface area contributed by atoms with Crippen LogP contribution < -0.4 is 14.2 Å². The van der Waals surface area contributed by atoms with Crippen molar-refractivity contribution >= 4 is 37.3 Å². The molecule has 0 aliphatic rings. The van der Waals surface area contributed by atoms with Crippen molar-refractivity contribution in [1.29, 1.82) is 0 Å². The summed E-state index contributed by atoms with van der Waals surface area (Å²) in [6.45, 7) is 2.04.